The molecule has 2 heterocycles. The van der Waals surface area contributed by atoms with E-state index in [2.05, 4.69) is 15.4 Å². The van der Waals surface area contributed by atoms with Gasteiger partial charge in [-0.25, -0.2) is 9.67 Å². The fourth-order valence-electron chi connectivity index (χ4n) is 3.08. The summed E-state index contributed by atoms with van der Waals surface area (Å²) in [6.45, 7) is 8.04. The van der Waals surface area contributed by atoms with Crippen molar-refractivity contribution in [2.45, 2.75) is 51.4 Å². The number of carbonyl (C=O) groups is 1. The second-order valence-corrected chi connectivity index (χ2v) is 7.04. The molecular formula is C17H22N4O2. The topological polar surface area (TPSA) is 69.0 Å². The van der Waals surface area contributed by atoms with Gasteiger partial charge in [0.05, 0.1) is 22.9 Å². The van der Waals surface area contributed by atoms with Crippen molar-refractivity contribution in [1.29, 1.82) is 0 Å². The smallest absolute Gasteiger partial charge is 0.291 e. The Kier molecular flexibility index (Phi) is 3.72. The van der Waals surface area contributed by atoms with Crippen molar-refractivity contribution in [3.05, 3.63) is 42.5 Å². The van der Waals surface area contributed by atoms with Gasteiger partial charge in [0.25, 0.3) is 5.91 Å². The highest BCUT2D eigenvalue weighted by Crippen LogP contribution is 2.37. The van der Waals surface area contributed by atoms with Crippen molar-refractivity contribution in [3.8, 4) is 5.69 Å². The molecular weight excluding hydrogens is 292 g/mol. The standard InChI is InChI=1S/C17H22N4O2/c1-16(2)10-13(17(3,4)23-16)19-15(22)14-18-11-21(20-14)12-8-6-5-7-9-12/h5-9,11,13H,10H2,1-4H3,(H,19,22). The lowest BCUT2D eigenvalue weighted by molar-refractivity contribution is -0.0693. The Labute approximate surface area is 135 Å². The molecule has 6 nitrogen and oxygen atoms in total. The average Bonchev–Trinajstić information content (AvgIpc) is 3.02. The monoisotopic (exact) mass is 314 g/mol. The normalized spacial score (nSPS) is 22.0. The Hall–Kier alpha value is -2.21. The third-order valence-corrected chi connectivity index (χ3v) is 4.10. The molecule has 1 aromatic heterocycles. The highest BCUT2D eigenvalue weighted by Gasteiger charge is 2.46. The number of carbonyl (C=O) groups excluding carboxylic acids is 1. The molecule has 0 spiro atoms. The van der Waals surface area contributed by atoms with Gasteiger partial charge >= 0.3 is 0 Å². The summed E-state index contributed by atoms with van der Waals surface area (Å²) in [6.07, 6.45) is 2.30. The average molecular weight is 314 g/mol. The van der Waals surface area contributed by atoms with Gasteiger partial charge in [0.15, 0.2) is 0 Å². The zero-order valence-electron chi connectivity index (χ0n) is 13.9. The van der Waals surface area contributed by atoms with Crippen LogP contribution in [0.2, 0.25) is 0 Å². The van der Waals surface area contributed by atoms with Crippen molar-refractivity contribution < 1.29 is 9.53 Å². The lowest BCUT2D eigenvalue weighted by atomic mass is 9.94. The summed E-state index contributed by atoms with van der Waals surface area (Å²) in [5.74, 6) is -0.117. The van der Waals surface area contributed by atoms with E-state index in [-0.39, 0.29) is 23.4 Å². The van der Waals surface area contributed by atoms with E-state index in [1.807, 2.05) is 58.0 Å². The number of ether oxygens (including phenoxy) is 1. The van der Waals surface area contributed by atoms with Gasteiger partial charge in [0, 0.05) is 0 Å². The van der Waals surface area contributed by atoms with E-state index in [9.17, 15) is 4.79 Å². The maximum absolute atomic E-state index is 12.4. The fraction of sp³-hybridized carbons (Fsp3) is 0.471. The first kappa shape index (κ1) is 15.7. The van der Waals surface area contributed by atoms with Gasteiger partial charge < -0.3 is 10.1 Å². The van der Waals surface area contributed by atoms with Crippen molar-refractivity contribution >= 4 is 5.91 Å². The summed E-state index contributed by atoms with van der Waals surface area (Å²) in [5.41, 5.74) is 0.198. The zero-order valence-corrected chi connectivity index (χ0v) is 13.9. The van der Waals surface area contributed by atoms with Gasteiger partial charge in [-0.15, -0.1) is 5.10 Å². The predicted octanol–water partition coefficient (Wildman–Crippen LogP) is 2.34. The number of aromatic nitrogens is 3. The lowest BCUT2D eigenvalue weighted by Gasteiger charge is -2.27. The SMILES string of the molecule is CC1(C)CC(NC(=O)c2ncn(-c3ccccc3)n2)C(C)(C)O1. The summed E-state index contributed by atoms with van der Waals surface area (Å²) < 4.78 is 7.59. The second kappa shape index (κ2) is 5.45. The summed E-state index contributed by atoms with van der Waals surface area (Å²) in [7, 11) is 0. The van der Waals surface area contributed by atoms with E-state index >= 15 is 0 Å². The van der Waals surface area contributed by atoms with Crippen LogP contribution < -0.4 is 5.32 Å². The Balaban J connectivity index is 1.74. The molecule has 6 heteroatoms. The van der Waals surface area contributed by atoms with E-state index in [1.54, 1.807) is 11.0 Å². The molecule has 1 fully saturated rings. The van der Waals surface area contributed by atoms with Crippen molar-refractivity contribution in [3.63, 3.8) is 0 Å². The van der Waals surface area contributed by atoms with Crippen LogP contribution in [-0.2, 0) is 4.74 Å². The van der Waals surface area contributed by atoms with Crippen LogP contribution in [0.4, 0.5) is 0 Å². The van der Waals surface area contributed by atoms with Crippen LogP contribution in [0.1, 0.15) is 44.7 Å². The summed E-state index contributed by atoms with van der Waals surface area (Å²) in [6, 6.07) is 9.50. The van der Waals surface area contributed by atoms with E-state index in [0.717, 1.165) is 12.1 Å². The maximum atomic E-state index is 12.4. The Morgan fingerprint density at radius 3 is 2.57 bits per heavy atom. The van der Waals surface area contributed by atoms with Crippen molar-refractivity contribution in [1.82, 2.24) is 20.1 Å². The molecule has 23 heavy (non-hydrogen) atoms. The molecule has 1 unspecified atom stereocenters. The van der Waals surface area contributed by atoms with Crippen LogP contribution in [0, 0.1) is 0 Å². The van der Waals surface area contributed by atoms with Gasteiger partial charge in [0.1, 0.15) is 6.33 Å². The minimum absolute atomic E-state index is 0.0753. The van der Waals surface area contributed by atoms with Gasteiger partial charge in [0.2, 0.25) is 5.82 Å². The molecule has 1 aliphatic rings. The Morgan fingerprint density at radius 2 is 1.96 bits per heavy atom. The molecule has 0 saturated carbocycles. The highest BCUT2D eigenvalue weighted by molar-refractivity contribution is 5.90. The molecule has 1 amide bonds. The van der Waals surface area contributed by atoms with Crippen LogP contribution in [0.25, 0.3) is 5.69 Å². The molecule has 1 aliphatic heterocycles. The number of benzene rings is 1. The van der Waals surface area contributed by atoms with Crippen LogP contribution in [0.5, 0.6) is 0 Å². The van der Waals surface area contributed by atoms with E-state index in [1.165, 1.54) is 0 Å². The number of hydrogen-bond donors (Lipinski definition) is 1. The fourth-order valence-corrected chi connectivity index (χ4v) is 3.08. The summed E-state index contributed by atoms with van der Waals surface area (Å²) in [4.78, 5) is 16.6. The van der Waals surface area contributed by atoms with Crippen LogP contribution in [0.15, 0.2) is 36.7 Å². The van der Waals surface area contributed by atoms with Crippen LogP contribution in [-0.4, -0.2) is 37.9 Å². The van der Waals surface area contributed by atoms with Crippen molar-refractivity contribution in [2.24, 2.45) is 0 Å². The first-order valence-electron chi connectivity index (χ1n) is 7.75. The van der Waals surface area contributed by atoms with E-state index < -0.39 is 5.60 Å². The summed E-state index contributed by atoms with van der Waals surface area (Å²) in [5, 5.41) is 7.26. The number of nitrogens with zero attached hydrogens (tertiary/aromatic N) is 3. The number of nitrogens with one attached hydrogen (secondary N) is 1. The lowest BCUT2D eigenvalue weighted by Crippen LogP contribution is -2.46. The maximum Gasteiger partial charge on any atom is 0.291 e. The number of rotatable bonds is 3. The minimum atomic E-state index is -0.416. The van der Waals surface area contributed by atoms with Gasteiger partial charge in [-0.1, -0.05) is 18.2 Å². The molecule has 3 rings (SSSR count). The third-order valence-electron chi connectivity index (χ3n) is 4.10. The van der Waals surface area contributed by atoms with Gasteiger partial charge in [-0.3, -0.25) is 4.79 Å². The third kappa shape index (κ3) is 3.27. The molecule has 1 aromatic carbocycles. The molecule has 1 saturated heterocycles. The van der Waals surface area contributed by atoms with E-state index in [0.29, 0.717) is 0 Å². The first-order chi connectivity index (χ1) is 10.8. The first-order valence-corrected chi connectivity index (χ1v) is 7.75. The molecule has 122 valence electrons. The number of hydrogen-bond acceptors (Lipinski definition) is 4. The van der Waals surface area contributed by atoms with Gasteiger partial charge in [-0.05, 0) is 46.2 Å². The molecule has 2 aromatic rings. The summed E-state index contributed by atoms with van der Waals surface area (Å²) >= 11 is 0. The number of amides is 1. The largest absolute Gasteiger partial charge is 0.367 e. The Bertz CT molecular complexity index is 706. The second-order valence-electron chi connectivity index (χ2n) is 7.04. The zero-order chi connectivity index (χ0) is 16.7. The van der Waals surface area contributed by atoms with Crippen molar-refractivity contribution in [2.75, 3.05) is 0 Å². The van der Waals surface area contributed by atoms with Crippen LogP contribution in [0.3, 0.4) is 0 Å². The molecule has 0 bridgehead atoms. The minimum Gasteiger partial charge on any atom is -0.367 e. The molecule has 0 aliphatic carbocycles. The number of para-hydroxylation sites is 1. The highest BCUT2D eigenvalue weighted by atomic mass is 16.5. The predicted molar refractivity (Wildman–Crippen MR) is 86.5 cm³/mol. The van der Waals surface area contributed by atoms with Crippen LogP contribution >= 0.6 is 0 Å². The van der Waals surface area contributed by atoms with E-state index in [4.69, 9.17) is 4.74 Å². The molecule has 1 atom stereocenters. The molecule has 1 N–H and O–H groups in total. The quantitative estimate of drug-likeness (QED) is 0.944. The molecule has 0 radical (unpaired) electrons. The Morgan fingerprint density at radius 1 is 1.26 bits per heavy atom. The van der Waals surface area contributed by atoms with Gasteiger partial charge in [-0.2, -0.15) is 0 Å².